The highest BCUT2D eigenvalue weighted by Gasteiger charge is 2.21. The van der Waals surface area contributed by atoms with Crippen molar-refractivity contribution in [3.8, 4) is 22.6 Å². The van der Waals surface area contributed by atoms with E-state index in [2.05, 4.69) is 15.6 Å². The van der Waals surface area contributed by atoms with E-state index in [1.54, 1.807) is 42.5 Å². The summed E-state index contributed by atoms with van der Waals surface area (Å²) < 4.78 is 10.4. The molecule has 1 heterocycles. The average Bonchev–Trinajstić information content (AvgIpc) is 3.20. The van der Waals surface area contributed by atoms with Crippen LogP contribution in [0.25, 0.3) is 11.1 Å². The van der Waals surface area contributed by atoms with Gasteiger partial charge in [-0.3, -0.25) is 4.79 Å². The van der Waals surface area contributed by atoms with Crippen LogP contribution in [0.3, 0.4) is 0 Å². The summed E-state index contributed by atoms with van der Waals surface area (Å²) in [7, 11) is 2.99. The second-order valence-corrected chi connectivity index (χ2v) is 6.34. The highest BCUT2D eigenvalue weighted by Crippen LogP contribution is 2.30. The first-order valence-electron chi connectivity index (χ1n) is 8.99. The number of carboxylic acid groups (broad SMARTS) is 1. The standard InChI is InChI=1S/C21H20N4O6/c1-30-13-7-8-16(31-2)15(9-13)25-21(29)24-12-5-3-11(4-6-12)17-14(20(27)28)10-23-18(17)19(22)26/h3-10,23H,1-2H3,(H2,22,26)(H,27,28)(H2,24,25,29). The Bertz CT molecular complexity index is 1110. The molecule has 0 aliphatic heterocycles. The molecule has 3 aromatic rings. The normalized spacial score (nSPS) is 10.3. The van der Waals surface area contributed by atoms with Crippen molar-refractivity contribution in [1.29, 1.82) is 0 Å². The molecule has 0 bridgehead atoms. The first kappa shape index (κ1) is 21.2. The van der Waals surface area contributed by atoms with Gasteiger partial charge in [0, 0.05) is 23.5 Å². The van der Waals surface area contributed by atoms with Crippen LogP contribution in [-0.2, 0) is 0 Å². The number of anilines is 2. The van der Waals surface area contributed by atoms with Crippen LogP contribution in [0.2, 0.25) is 0 Å². The number of hydrogen-bond acceptors (Lipinski definition) is 5. The summed E-state index contributed by atoms with van der Waals surface area (Å²) in [6.07, 6.45) is 1.21. The first-order valence-corrected chi connectivity index (χ1v) is 8.99. The van der Waals surface area contributed by atoms with E-state index in [0.717, 1.165) is 0 Å². The third-order valence-corrected chi connectivity index (χ3v) is 4.44. The lowest BCUT2D eigenvalue weighted by Crippen LogP contribution is -2.19. The van der Waals surface area contributed by atoms with E-state index in [1.165, 1.54) is 20.4 Å². The average molecular weight is 424 g/mol. The van der Waals surface area contributed by atoms with E-state index in [-0.39, 0.29) is 16.8 Å². The number of H-pyrrole nitrogens is 1. The van der Waals surface area contributed by atoms with E-state index in [9.17, 15) is 19.5 Å². The molecule has 10 nitrogen and oxygen atoms in total. The Balaban J connectivity index is 1.79. The second kappa shape index (κ2) is 8.91. The summed E-state index contributed by atoms with van der Waals surface area (Å²) in [6, 6.07) is 10.7. The van der Waals surface area contributed by atoms with Gasteiger partial charge in [-0.2, -0.15) is 0 Å². The van der Waals surface area contributed by atoms with Gasteiger partial charge in [-0.1, -0.05) is 12.1 Å². The number of carbonyl (C=O) groups is 3. The van der Waals surface area contributed by atoms with Crippen LogP contribution in [0.15, 0.2) is 48.7 Å². The number of amides is 3. The van der Waals surface area contributed by atoms with Gasteiger partial charge in [0.15, 0.2) is 0 Å². The predicted octanol–water partition coefficient (Wildman–Crippen LogP) is 3.14. The lowest BCUT2D eigenvalue weighted by Gasteiger charge is -2.13. The summed E-state index contributed by atoms with van der Waals surface area (Å²) in [5.74, 6) is -0.978. The number of hydrogen-bond donors (Lipinski definition) is 5. The molecule has 0 saturated heterocycles. The zero-order valence-electron chi connectivity index (χ0n) is 16.7. The Labute approximate surface area is 177 Å². The molecule has 0 aliphatic rings. The fourth-order valence-corrected chi connectivity index (χ4v) is 3.00. The largest absolute Gasteiger partial charge is 0.497 e. The zero-order chi connectivity index (χ0) is 22.5. The Morgan fingerprint density at radius 2 is 1.71 bits per heavy atom. The number of aromatic nitrogens is 1. The Hall–Kier alpha value is -4.47. The summed E-state index contributed by atoms with van der Waals surface area (Å²) in [5, 5.41) is 14.7. The van der Waals surface area contributed by atoms with Gasteiger partial charge in [0.1, 0.15) is 17.2 Å². The molecule has 3 rings (SSSR count). The van der Waals surface area contributed by atoms with Crippen LogP contribution in [0.4, 0.5) is 16.2 Å². The quantitative estimate of drug-likeness (QED) is 0.392. The minimum absolute atomic E-state index is 0.0130. The monoisotopic (exact) mass is 424 g/mol. The van der Waals surface area contributed by atoms with E-state index in [0.29, 0.717) is 28.4 Å². The molecule has 0 atom stereocenters. The van der Waals surface area contributed by atoms with Crippen LogP contribution in [0.5, 0.6) is 11.5 Å². The third kappa shape index (κ3) is 4.58. The van der Waals surface area contributed by atoms with E-state index in [1.807, 2.05) is 0 Å². The molecule has 3 amide bonds. The fourth-order valence-electron chi connectivity index (χ4n) is 3.00. The van der Waals surface area contributed by atoms with Gasteiger partial charge >= 0.3 is 12.0 Å². The molecule has 2 aromatic carbocycles. The molecule has 0 radical (unpaired) electrons. The number of carbonyl (C=O) groups excluding carboxylic acids is 2. The first-order chi connectivity index (χ1) is 14.8. The number of primary amides is 1. The second-order valence-electron chi connectivity index (χ2n) is 6.34. The van der Waals surface area contributed by atoms with Crippen LogP contribution in [0, 0.1) is 0 Å². The van der Waals surface area contributed by atoms with Gasteiger partial charge in [0.2, 0.25) is 0 Å². The van der Waals surface area contributed by atoms with Crippen molar-refractivity contribution in [3.05, 3.63) is 59.9 Å². The number of nitrogens with two attached hydrogens (primary N) is 1. The Morgan fingerprint density at radius 3 is 2.29 bits per heavy atom. The van der Waals surface area contributed by atoms with Gasteiger partial charge in [-0.15, -0.1) is 0 Å². The van der Waals surface area contributed by atoms with Crippen LogP contribution in [0.1, 0.15) is 20.8 Å². The van der Waals surface area contributed by atoms with E-state index in [4.69, 9.17) is 15.2 Å². The number of methoxy groups -OCH3 is 2. The predicted molar refractivity (Wildman–Crippen MR) is 114 cm³/mol. The summed E-state index contributed by atoms with van der Waals surface area (Å²) in [4.78, 5) is 38.1. The van der Waals surface area contributed by atoms with Gasteiger partial charge in [-0.05, 0) is 29.8 Å². The molecular formula is C21H20N4O6. The number of urea groups is 1. The highest BCUT2D eigenvalue weighted by molar-refractivity contribution is 6.06. The van der Waals surface area contributed by atoms with Crippen molar-refractivity contribution in [1.82, 2.24) is 4.98 Å². The highest BCUT2D eigenvalue weighted by atomic mass is 16.5. The molecule has 31 heavy (non-hydrogen) atoms. The van der Waals surface area contributed by atoms with E-state index < -0.39 is 17.9 Å². The van der Waals surface area contributed by atoms with E-state index >= 15 is 0 Å². The van der Waals surface area contributed by atoms with Crippen molar-refractivity contribution < 1.29 is 29.0 Å². The molecule has 10 heteroatoms. The van der Waals surface area contributed by atoms with Gasteiger partial charge in [-0.25, -0.2) is 9.59 Å². The number of ether oxygens (including phenoxy) is 2. The molecule has 0 aliphatic carbocycles. The minimum atomic E-state index is -1.20. The van der Waals surface area contributed by atoms with Crippen molar-refractivity contribution in [2.45, 2.75) is 0 Å². The number of carboxylic acids is 1. The van der Waals surface area contributed by atoms with Crippen LogP contribution < -0.4 is 25.8 Å². The lowest BCUT2D eigenvalue weighted by atomic mass is 10.0. The SMILES string of the molecule is COc1ccc(OC)c(NC(=O)Nc2ccc(-c3c(C(=O)O)c[nH]c3C(N)=O)cc2)c1. The number of nitrogens with one attached hydrogen (secondary N) is 3. The molecular weight excluding hydrogens is 404 g/mol. The van der Waals surface area contributed by atoms with Gasteiger partial charge < -0.3 is 35.9 Å². The smallest absolute Gasteiger partial charge is 0.337 e. The third-order valence-electron chi connectivity index (χ3n) is 4.44. The van der Waals surface area contributed by atoms with Crippen molar-refractivity contribution in [2.24, 2.45) is 5.73 Å². The maximum absolute atomic E-state index is 12.4. The molecule has 0 spiro atoms. The number of aromatic amines is 1. The van der Waals surface area contributed by atoms with Crippen molar-refractivity contribution in [3.63, 3.8) is 0 Å². The number of rotatable bonds is 7. The minimum Gasteiger partial charge on any atom is -0.497 e. The van der Waals surface area contributed by atoms with Crippen molar-refractivity contribution >= 4 is 29.3 Å². The summed E-state index contributed by atoms with van der Waals surface area (Å²) >= 11 is 0. The Kier molecular flexibility index (Phi) is 6.10. The number of aromatic carboxylic acids is 1. The molecule has 160 valence electrons. The maximum Gasteiger partial charge on any atom is 0.337 e. The molecule has 0 fully saturated rings. The molecule has 0 saturated carbocycles. The summed E-state index contributed by atoms with van der Waals surface area (Å²) in [6.45, 7) is 0. The van der Waals surface area contributed by atoms with Gasteiger partial charge in [0.05, 0.1) is 25.5 Å². The zero-order valence-corrected chi connectivity index (χ0v) is 16.7. The number of benzene rings is 2. The summed E-state index contributed by atoms with van der Waals surface area (Å²) in [5.41, 5.74) is 6.72. The van der Waals surface area contributed by atoms with Crippen LogP contribution >= 0.6 is 0 Å². The topological polar surface area (TPSA) is 156 Å². The fraction of sp³-hybridized carbons (Fsp3) is 0.0952. The lowest BCUT2D eigenvalue weighted by molar-refractivity contribution is 0.0697. The Morgan fingerprint density at radius 1 is 1.00 bits per heavy atom. The van der Waals surface area contributed by atoms with Crippen molar-refractivity contribution in [2.75, 3.05) is 24.9 Å². The van der Waals surface area contributed by atoms with Gasteiger partial charge in [0.25, 0.3) is 5.91 Å². The molecule has 6 N–H and O–H groups in total. The van der Waals surface area contributed by atoms with Crippen LogP contribution in [-0.4, -0.2) is 42.2 Å². The maximum atomic E-state index is 12.4. The molecule has 0 unspecified atom stereocenters. The molecule has 1 aromatic heterocycles.